The van der Waals surface area contributed by atoms with Gasteiger partial charge in [0.25, 0.3) is 0 Å². The summed E-state index contributed by atoms with van der Waals surface area (Å²) in [7, 11) is 0. The zero-order valence-electron chi connectivity index (χ0n) is 34.6. The van der Waals surface area contributed by atoms with Gasteiger partial charge in [0.05, 0.1) is 16.4 Å². The molecule has 0 aliphatic carbocycles. The van der Waals surface area contributed by atoms with Gasteiger partial charge in [0, 0.05) is 33.5 Å². The highest BCUT2D eigenvalue weighted by molar-refractivity contribution is 6.21. The predicted octanol–water partition coefficient (Wildman–Crippen LogP) is 16.1. The van der Waals surface area contributed by atoms with Crippen molar-refractivity contribution in [2.45, 2.75) is 5.41 Å². The van der Waals surface area contributed by atoms with Crippen LogP contribution in [-0.2, 0) is 5.41 Å². The van der Waals surface area contributed by atoms with Gasteiger partial charge in [0.15, 0.2) is 0 Å². The molecule has 0 bridgehead atoms. The second-order valence-corrected chi connectivity index (χ2v) is 16.5. The third-order valence-corrected chi connectivity index (χ3v) is 13.1. The zero-order chi connectivity index (χ0) is 41.7. The lowest BCUT2D eigenvalue weighted by atomic mass is 9.65. The number of hydrogen-bond donors (Lipinski definition) is 0. The molecule has 296 valence electrons. The van der Waals surface area contributed by atoms with E-state index in [1.165, 1.54) is 76.4 Å². The summed E-state index contributed by atoms with van der Waals surface area (Å²) < 4.78 is 2.43. The van der Waals surface area contributed by atoms with Gasteiger partial charge in [-0.25, -0.2) is 0 Å². The van der Waals surface area contributed by atoms with Crippen LogP contribution in [0, 0.1) is 0 Å². The summed E-state index contributed by atoms with van der Waals surface area (Å²) in [6, 6.07) is 93.5. The van der Waals surface area contributed by atoms with E-state index < -0.39 is 5.41 Å². The lowest BCUT2D eigenvalue weighted by molar-refractivity contribution is 0.746. The van der Waals surface area contributed by atoms with E-state index in [2.05, 4.69) is 264 Å². The Morgan fingerprint density at radius 2 is 0.794 bits per heavy atom. The highest BCUT2D eigenvalue weighted by atomic mass is 15.1. The third kappa shape index (κ3) is 6.02. The lowest BCUT2D eigenvalue weighted by Crippen LogP contribution is -2.31. The minimum atomic E-state index is -0.584. The molecular formula is C61H42N2. The maximum Gasteiger partial charge on any atom is 0.0701 e. The van der Waals surface area contributed by atoms with Crippen LogP contribution in [-0.4, -0.2) is 4.57 Å². The Labute approximate surface area is 367 Å². The van der Waals surface area contributed by atoms with Crippen molar-refractivity contribution >= 4 is 71.2 Å². The van der Waals surface area contributed by atoms with Gasteiger partial charge in [0.1, 0.15) is 0 Å². The van der Waals surface area contributed by atoms with Crippen LogP contribution >= 0.6 is 0 Å². The highest BCUT2D eigenvalue weighted by Gasteiger charge is 2.38. The van der Waals surface area contributed by atoms with Gasteiger partial charge in [-0.2, -0.15) is 0 Å². The van der Waals surface area contributed by atoms with Crippen molar-refractivity contribution in [2.24, 2.45) is 0 Å². The average molecular weight is 803 g/mol. The molecule has 0 N–H and O–H groups in total. The standard InChI is InChI=1S/C61H42N2/c1-3-21-48(22-4-1)61(49-23-5-2-6-24-49,51-33-30-43-16-7-9-19-46(43)40-51)50-34-37-52(38-35-50)62(55-36-31-44-17-8-10-20-47(44)41-55)53-25-15-26-54(42-53)63-58-29-14-13-28-57(58)60-56-27-12-11-18-45(56)32-39-59(60)63/h1-42H. The van der Waals surface area contributed by atoms with Crippen molar-refractivity contribution in [1.82, 2.24) is 4.57 Å². The number of hydrogen-bond acceptors (Lipinski definition) is 1. The van der Waals surface area contributed by atoms with E-state index >= 15 is 0 Å². The van der Waals surface area contributed by atoms with E-state index in [1.807, 2.05) is 0 Å². The van der Waals surface area contributed by atoms with Crippen LogP contribution in [0.4, 0.5) is 17.1 Å². The SMILES string of the molecule is c1ccc(C(c2ccccc2)(c2ccc(N(c3cccc(-n4c5ccccc5c5c6ccccc6ccc54)c3)c3ccc4ccccc4c3)cc2)c2ccc3ccccc3c2)cc1. The molecule has 63 heavy (non-hydrogen) atoms. The Kier molecular flexibility index (Phi) is 8.76. The maximum absolute atomic E-state index is 2.43. The second kappa shape index (κ2) is 15.1. The van der Waals surface area contributed by atoms with Gasteiger partial charge in [-0.05, 0) is 115 Å². The highest BCUT2D eigenvalue weighted by Crippen LogP contribution is 2.47. The number of anilines is 3. The average Bonchev–Trinajstić information content (AvgIpc) is 3.70. The number of para-hydroxylation sites is 1. The first-order valence-corrected chi connectivity index (χ1v) is 21.8. The molecule has 11 aromatic carbocycles. The fourth-order valence-electron chi connectivity index (χ4n) is 10.2. The van der Waals surface area contributed by atoms with Crippen LogP contribution in [0.15, 0.2) is 255 Å². The van der Waals surface area contributed by atoms with Gasteiger partial charge < -0.3 is 9.47 Å². The minimum Gasteiger partial charge on any atom is -0.310 e. The van der Waals surface area contributed by atoms with Crippen LogP contribution in [0.1, 0.15) is 22.3 Å². The summed E-state index contributed by atoms with van der Waals surface area (Å²) in [5, 5.41) is 9.92. The number of nitrogens with zero attached hydrogens (tertiary/aromatic N) is 2. The first-order chi connectivity index (χ1) is 31.2. The quantitative estimate of drug-likeness (QED) is 0.139. The molecule has 0 saturated carbocycles. The van der Waals surface area contributed by atoms with Crippen molar-refractivity contribution in [3.05, 3.63) is 277 Å². The molecule has 0 amide bonds. The molecule has 2 heteroatoms. The predicted molar refractivity (Wildman–Crippen MR) is 266 cm³/mol. The van der Waals surface area contributed by atoms with Crippen molar-refractivity contribution in [2.75, 3.05) is 4.90 Å². The Balaban J connectivity index is 1.07. The van der Waals surface area contributed by atoms with Gasteiger partial charge in [-0.3, -0.25) is 0 Å². The molecule has 0 saturated heterocycles. The molecule has 0 atom stereocenters. The molecular weight excluding hydrogens is 761 g/mol. The summed E-state index contributed by atoms with van der Waals surface area (Å²) in [5.74, 6) is 0. The first-order valence-electron chi connectivity index (χ1n) is 21.8. The molecule has 0 unspecified atom stereocenters. The van der Waals surface area contributed by atoms with Crippen molar-refractivity contribution in [3.8, 4) is 5.69 Å². The lowest BCUT2D eigenvalue weighted by Gasteiger charge is -2.37. The molecule has 1 aromatic heterocycles. The molecule has 0 fully saturated rings. The van der Waals surface area contributed by atoms with Crippen LogP contribution in [0.3, 0.4) is 0 Å². The Morgan fingerprint density at radius 1 is 0.286 bits per heavy atom. The van der Waals surface area contributed by atoms with Crippen molar-refractivity contribution < 1.29 is 0 Å². The number of aromatic nitrogens is 1. The van der Waals surface area contributed by atoms with E-state index in [4.69, 9.17) is 0 Å². The molecule has 0 aliphatic heterocycles. The molecule has 1 heterocycles. The smallest absolute Gasteiger partial charge is 0.0701 e. The van der Waals surface area contributed by atoms with Crippen molar-refractivity contribution in [1.29, 1.82) is 0 Å². The Hall–Kier alpha value is -8.20. The number of benzene rings is 11. The number of rotatable bonds is 8. The minimum absolute atomic E-state index is 0.584. The fraction of sp³-hybridized carbons (Fsp3) is 0.0164. The van der Waals surface area contributed by atoms with Crippen molar-refractivity contribution in [3.63, 3.8) is 0 Å². The van der Waals surface area contributed by atoms with E-state index in [0.29, 0.717) is 0 Å². The van der Waals surface area contributed by atoms with Gasteiger partial charge >= 0.3 is 0 Å². The van der Waals surface area contributed by atoms with Gasteiger partial charge in [-0.15, -0.1) is 0 Å². The Bertz CT molecular complexity index is 3580. The summed E-state index contributed by atoms with van der Waals surface area (Å²) in [6.07, 6.45) is 0. The number of fused-ring (bicyclic) bond motifs is 7. The zero-order valence-corrected chi connectivity index (χ0v) is 34.6. The molecule has 0 spiro atoms. The van der Waals surface area contributed by atoms with Gasteiger partial charge in [0.2, 0.25) is 0 Å². The largest absolute Gasteiger partial charge is 0.310 e. The molecule has 0 radical (unpaired) electrons. The van der Waals surface area contributed by atoms with Gasteiger partial charge in [-0.1, -0.05) is 194 Å². The molecule has 0 aliphatic rings. The Morgan fingerprint density at radius 3 is 1.51 bits per heavy atom. The molecule has 12 rings (SSSR count). The van der Waals surface area contributed by atoms with Crippen LogP contribution in [0.5, 0.6) is 0 Å². The van der Waals surface area contributed by atoms with E-state index in [0.717, 1.165) is 22.7 Å². The summed E-state index contributed by atoms with van der Waals surface area (Å²) >= 11 is 0. The van der Waals surface area contributed by atoms with Crippen LogP contribution in [0.25, 0.3) is 59.8 Å². The molecule has 12 aromatic rings. The maximum atomic E-state index is 2.43. The topological polar surface area (TPSA) is 8.17 Å². The van der Waals surface area contributed by atoms with E-state index in [1.54, 1.807) is 0 Å². The van der Waals surface area contributed by atoms with E-state index in [-0.39, 0.29) is 0 Å². The third-order valence-electron chi connectivity index (χ3n) is 13.1. The van der Waals surface area contributed by atoms with Crippen LogP contribution < -0.4 is 4.90 Å². The second-order valence-electron chi connectivity index (χ2n) is 16.5. The normalized spacial score (nSPS) is 11.8. The van der Waals surface area contributed by atoms with E-state index in [9.17, 15) is 0 Å². The summed E-state index contributed by atoms with van der Waals surface area (Å²) in [5.41, 5.74) is 11.0. The fourth-order valence-corrected chi connectivity index (χ4v) is 10.2. The molecule has 2 nitrogen and oxygen atoms in total. The first kappa shape index (κ1) is 36.6. The monoisotopic (exact) mass is 802 g/mol. The summed E-state index contributed by atoms with van der Waals surface area (Å²) in [4.78, 5) is 2.41. The van der Waals surface area contributed by atoms with Crippen LogP contribution in [0.2, 0.25) is 0 Å². The summed E-state index contributed by atoms with van der Waals surface area (Å²) in [6.45, 7) is 0.